The molecule has 2 aromatic heterocycles. The minimum absolute atomic E-state index is 0.401. The number of hydrogen-bond acceptors (Lipinski definition) is 4. The second kappa shape index (κ2) is 2.49. The van der Waals surface area contributed by atoms with Crippen LogP contribution in [0.2, 0.25) is 0 Å². The van der Waals surface area contributed by atoms with Gasteiger partial charge in [0.15, 0.2) is 5.82 Å². The molecule has 12 heavy (non-hydrogen) atoms. The molecule has 0 atom stereocenters. The van der Waals surface area contributed by atoms with Crippen LogP contribution in [0.15, 0.2) is 18.5 Å². The van der Waals surface area contributed by atoms with Gasteiger partial charge in [-0.2, -0.15) is 5.10 Å². The predicted octanol–water partition coefficient (Wildman–Crippen LogP) is -1.45. The molecule has 3 N–H and O–H groups in total. The Kier molecular flexibility index (Phi) is 1.48. The summed E-state index contributed by atoms with van der Waals surface area (Å²) in [6.45, 7) is 0. The van der Waals surface area contributed by atoms with E-state index < -0.39 is 0 Å². The number of nitrogen functional groups attached to an aromatic ring is 1. The summed E-state index contributed by atoms with van der Waals surface area (Å²) in [5.74, 6) is 0.401. The van der Waals surface area contributed by atoms with Gasteiger partial charge in [0.05, 0.1) is 0 Å². The van der Waals surface area contributed by atoms with E-state index in [0.717, 1.165) is 7.48 Å². The summed E-state index contributed by atoms with van der Waals surface area (Å²) >= 11 is 0. The zero-order valence-corrected chi connectivity index (χ0v) is 6.18. The van der Waals surface area contributed by atoms with Gasteiger partial charge in [-0.1, -0.05) is 0 Å². The van der Waals surface area contributed by atoms with Gasteiger partial charge in [0, 0.05) is 5.59 Å². The predicted molar refractivity (Wildman–Crippen MR) is 45.0 cm³/mol. The highest BCUT2D eigenvalue weighted by atomic mass is 16.2. The second-order valence-electron chi connectivity index (χ2n) is 2.33. The highest BCUT2D eigenvalue weighted by molar-refractivity contribution is 6.44. The topological polar surface area (TPSA) is 76.4 Å². The van der Waals surface area contributed by atoms with Crippen LogP contribution >= 0.6 is 0 Å². The maximum absolute atomic E-state index is 8.77. The van der Waals surface area contributed by atoms with Crippen LogP contribution in [-0.2, 0) is 0 Å². The molecule has 2 rings (SSSR count). The van der Waals surface area contributed by atoms with Gasteiger partial charge in [0.25, 0.3) is 0 Å². The highest BCUT2D eigenvalue weighted by Gasteiger charge is 2.04. The molecule has 0 saturated carbocycles. The van der Waals surface area contributed by atoms with E-state index in [-0.39, 0.29) is 0 Å². The summed E-state index contributed by atoms with van der Waals surface area (Å²) in [6, 6.07) is 3.46. The molecule has 2 aromatic rings. The monoisotopic (exact) mass is 161 g/mol. The van der Waals surface area contributed by atoms with E-state index in [9.17, 15) is 0 Å². The van der Waals surface area contributed by atoms with Crippen molar-refractivity contribution >= 4 is 24.4 Å². The molecule has 0 aromatic carbocycles. The molecule has 59 valence electrons. The maximum Gasteiger partial charge on any atom is 0.348 e. The quantitative estimate of drug-likeness (QED) is 0.501. The standard InChI is InChI=1S/C6H6BN4O/c8-6-4-1-2-5(7-12)11(4)10-3-9-6/h1-3,12H,(H2,8,9,10). The molecular formula is C6H6BN4O. The average molecular weight is 161 g/mol. The Morgan fingerprint density at radius 2 is 2.33 bits per heavy atom. The molecule has 5 nitrogen and oxygen atoms in total. The Morgan fingerprint density at radius 1 is 1.50 bits per heavy atom. The lowest BCUT2D eigenvalue weighted by molar-refractivity contribution is 0.612. The van der Waals surface area contributed by atoms with E-state index in [0.29, 0.717) is 16.9 Å². The van der Waals surface area contributed by atoms with Crippen LogP contribution in [0.1, 0.15) is 0 Å². The van der Waals surface area contributed by atoms with Gasteiger partial charge in [0.1, 0.15) is 11.8 Å². The number of nitrogens with two attached hydrogens (primary N) is 1. The van der Waals surface area contributed by atoms with E-state index in [1.165, 1.54) is 10.8 Å². The zero-order valence-electron chi connectivity index (χ0n) is 6.18. The zero-order chi connectivity index (χ0) is 8.55. The molecule has 0 amide bonds. The van der Waals surface area contributed by atoms with E-state index >= 15 is 0 Å². The minimum atomic E-state index is 0.401. The van der Waals surface area contributed by atoms with Crippen LogP contribution in [0.4, 0.5) is 5.82 Å². The third-order valence-electron chi connectivity index (χ3n) is 1.64. The van der Waals surface area contributed by atoms with Gasteiger partial charge in [0.2, 0.25) is 0 Å². The summed E-state index contributed by atoms with van der Waals surface area (Å²) in [4.78, 5) is 3.81. The molecule has 0 spiro atoms. The minimum Gasteiger partial charge on any atom is -0.449 e. The molecule has 0 fully saturated rings. The molecule has 0 saturated heterocycles. The molecule has 2 heterocycles. The van der Waals surface area contributed by atoms with Crippen LogP contribution in [0.25, 0.3) is 5.52 Å². The Labute approximate surface area is 69.1 Å². The van der Waals surface area contributed by atoms with Gasteiger partial charge < -0.3 is 10.8 Å². The first-order valence-electron chi connectivity index (χ1n) is 3.38. The van der Waals surface area contributed by atoms with Gasteiger partial charge in [-0.3, -0.25) is 0 Å². The molecule has 0 aliphatic carbocycles. The van der Waals surface area contributed by atoms with Gasteiger partial charge >= 0.3 is 7.48 Å². The van der Waals surface area contributed by atoms with E-state index in [1.807, 2.05) is 0 Å². The first-order valence-corrected chi connectivity index (χ1v) is 3.38. The summed E-state index contributed by atoms with van der Waals surface area (Å²) in [6.07, 6.45) is 1.34. The van der Waals surface area contributed by atoms with Crippen molar-refractivity contribution in [1.82, 2.24) is 14.6 Å². The Hall–Kier alpha value is -1.56. The summed E-state index contributed by atoms with van der Waals surface area (Å²) < 4.78 is 1.52. The summed E-state index contributed by atoms with van der Waals surface area (Å²) in [5.41, 5.74) is 6.83. The van der Waals surface area contributed by atoms with E-state index in [4.69, 9.17) is 10.8 Å². The lowest BCUT2D eigenvalue weighted by Gasteiger charge is -1.97. The van der Waals surface area contributed by atoms with E-state index in [2.05, 4.69) is 10.1 Å². The van der Waals surface area contributed by atoms with Crippen LogP contribution in [0.5, 0.6) is 0 Å². The molecule has 6 heteroatoms. The summed E-state index contributed by atoms with van der Waals surface area (Å²) in [5, 5.41) is 12.7. The molecule has 1 radical (unpaired) electrons. The third kappa shape index (κ3) is 0.852. The van der Waals surface area contributed by atoms with Gasteiger partial charge in [-0.25, -0.2) is 9.50 Å². The van der Waals surface area contributed by atoms with Crippen molar-refractivity contribution in [3.63, 3.8) is 0 Å². The normalized spacial score (nSPS) is 10.4. The Balaban J connectivity index is 2.80. The lowest BCUT2D eigenvalue weighted by atomic mass is 9.97. The Bertz CT molecular complexity index is 413. The fraction of sp³-hybridized carbons (Fsp3) is 0. The van der Waals surface area contributed by atoms with Crippen molar-refractivity contribution in [2.75, 3.05) is 5.73 Å². The molecule has 0 unspecified atom stereocenters. The SMILES string of the molecule is Nc1ncnn2c([B]O)ccc12. The fourth-order valence-corrected chi connectivity index (χ4v) is 1.07. The smallest absolute Gasteiger partial charge is 0.348 e. The lowest BCUT2D eigenvalue weighted by Crippen LogP contribution is -2.21. The van der Waals surface area contributed by atoms with Crippen molar-refractivity contribution in [2.45, 2.75) is 0 Å². The van der Waals surface area contributed by atoms with Crippen molar-refractivity contribution in [2.24, 2.45) is 0 Å². The molecule has 0 bridgehead atoms. The van der Waals surface area contributed by atoms with Gasteiger partial charge in [-0.05, 0) is 12.1 Å². The Morgan fingerprint density at radius 3 is 3.08 bits per heavy atom. The van der Waals surface area contributed by atoms with Crippen molar-refractivity contribution < 1.29 is 5.02 Å². The van der Waals surface area contributed by atoms with Crippen LogP contribution in [0.3, 0.4) is 0 Å². The second-order valence-corrected chi connectivity index (χ2v) is 2.33. The number of rotatable bonds is 1. The largest absolute Gasteiger partial charge is 0.449 e. The highest BCUT2D eigenvalue weighted by Crippen LogP contribution is 2.05. The first-order chi connectivity index (χ1) is 5.83. The number of anilines is 1. The van der Waals surface area contributed by atoms with Crippen LogP contribution in [0, 0.1) is 0 Å². The van der Waals surface area contributed by atoms with Crippen molar-refractivity contribution in [3.05, 3.63) is 18.5 Å². The maximum atomic E-state index is 8.77. The molecule has 0 aliphatic heterocycles. The fourth-order valence-electron chi connectivity index (χ4n) is 1.07. The van der Waals surface area contributed by atoms with Crippen LogP contribution < -0.4 is 11.3 Å². The number of nitrogens with zero attached hydrogens (tertiary/aromatic N) is 3. The third-order valence-corrected chi connectivity index (χ3v) is 1.64. The van der Waals surface area contributed by atoms with E-state index in [1.54, 1.807) is 12.1 Å². The molecule has 0 aliphatic rings. The number of hydrogen-bond donors (Lipinski definition) is 2. The molecular weight excluding hydrogens is 155 g/mol. The van der Waals surface area contributed by atoms with Crippen molar-refractivity contribution in [3.8, 4) is 0 Å². The van der Waals surface area contributed by atoms with Crippen molar-refractivity contribution in [1.29, 1.82) is 0 Å². The number of fused-ring (bicyclic) bond motifs is 1. The first kappa shape index (κ1) is 7.11. The van der Waals surface area contributed by atoms with Gasteiger partial charge in [-0.15, -0.1) is 0 Å². The number of aromatic nitrogens is 3. The summed E-state index contributed by atoms with van der Waals surface area (Å²) in [7, 11) is 0.972. The average Bonchev–Trinajstić information content (AvgIpc) is 2.49. The van der Waals surface area contributed by atoms with Crippen LogP contribution in [-0.4, -0.2) is 27.1 Å².